The van der Waals surface area contributed by atoms with Gasteiger partial charge in [-0.3, -0.25) is 9.48 Å². The Morgan fingerprint density at radius 2 is 2.13 bits per heavy atom. The lowest BCUT2D eigenvalue weighted by molar-refractivity contribution is -0.130. The molecule has 0 fully saturated rings. The molecule has 1 heterocycles. The van der Waals surface area contributed by atoms with Gasteiger partial charge in [-0.15, -0.1) is 0 Å². The average molecular weight is 274 g/mol. The molecule has 0 aliphatic rings. The molecule has 0 saturated carbocycles. The summed E-state index contributed by atoms with van der Waals surface area (Å²) in [5.74, 6) is 0.0793. The largest absolute Gasteiger partial charge is 0.344 e. The summed E-state index contributed by atoms with van der Waals surface area (Å²) in [6.07, 6.45) is 0. The van der Waals surface area contributed by atoms with Gasteiger partial charge in [0.1, 0.15) is 6.54 Å². The van der Waals surface area contributed by atoms with E-state index in [-0.39, 0.29) is 5.91 Å². The van der Waals surface area contributed by atoms with E-state index in [0.717, 1.165) is 22.4 Å². The number of nitrogens with zero attached hydrogens (tertiary/aromatic N) is 3. The van der Waals surface area contributed by atoms with Gasteiger partial charge in [0.2, 0.25) is 5.91 Å². The highest BCUT2D eigenvalue weighted by Gasteiger charge is 2.13. The fourth-order valence-corrected chi connectivity index (χ4v) is 1.54. The van der Waals surface area contributed by atoms with Crippen LogP contribution in [0.3, 0.4) is 0 Å². The van der Waals surface area contributed by atoms with Gasteiger partial charge in [-0.25, -0.2) is 0 Å². The Hall–Kier alpha value is -0.840. The number of amides is 1. The molecular weight excluding hydrogens is 258 g/mol. The van der Waals surface area contributed by atoms with Gasteiger partial charge in [-0.2, -0.15) is 5.10 Å². The quantitative estimate of drug-likeness (QED) is 0.842. The van der Waals surface area contributed by atoms with Gasteiger partial charge in [0.25, 0.3) is 0 Å². The minimum Gasteiger partial charge on any atom is -0.344 e. The summed E-state index contributed by atoms with van der Waals surface area (Å²) in [6.45, 7) is 6.85. The Bertz CT molecular complexity index is 373. The third kappa shape index (κ3) is 2.59. The van der Waals surface area contributed by atoms with Crippen LogP contribution in [0.4, 0.5) is 0 Å². The minimum atomic E-state index is 0.0793. The monoisotopic (exact) mass is 273 g/mol. The van der Waals surface area contributed by atoms with Crippen LogP contribution in [0, 0.1) is 13.8 Å². The van der Waals surface area contributed by atoms with Gasteiger partial charge < -0.3 is 4.90 Å². The Morgan fingerprint density at radius 3 is 2.53 bits per heavy atom. The molecule has 0 saturated heterocycles. The number of halogens is 1. The van der Waals surface area contributed by atoms with Gasteiger partial charge in [0, 0.05) is 13.6 Å². The van der Waals surface area contributed by atoms with Crippen molar-refractivity contribution in [2.45, 2.75) is 27.3 Å². The van der Waals surface area contributed by atoms with E-state index in [1.165, 1.54) is 0 Å². The van der Waals surface area contributed by atoms with Crippen LogP contribution in [0.5, 0.6) is 0 Å². The smallest absolute Gasteiger partial charge is 0.244 e. The predicted octanol–water partition coefficient (Wildman–Crippen LogP) is 1.74. The molecule has 5 heteroatoms. The van der Waals surface area contributed by atoms with Gasteiger partial charge in [0.05, 0.1) is 15.9 Å². The highest BCUT2D eigenvalue weighted by molar-refractivity contribution is 9.10. The maximum atomic E-state index is 11.7. The lowest BCUT2D eigenvalue weighted by atomic mass is 10.4. The van der Waals surface area contributed by atoms with Crippen molar-refractivity contribution in [2.24, 2.45) is 0 Å². The number of hydrogen-bond donors (Lipinski definition) is 0. The average Bonchev–Trinajstić information content (AvgIpc) is 2.45. The zero-order valence-electron chi connectivity index (χ0n) is 9.54. The molecule has 15 heavy (non-hydrogen) atoms. The van der Waals surface area contributed by atoms with Crippen molar-refractivity contribution in [1.29, 1.82) is 0 Å². The van der Waals surface area contributed by atoms with Crippen molar-refractivity contribution in [1.82, 2.24) is 14.7 Å². The van der Waals surface area contributed by atoms with Crippen molar-refractivity contribution in [3.8, 4) is 0 Å². The van der Waals surface area contributed by atoms with E-state index < -0.39 is 0 Å². The molecule has 1 aromatic heterocycles. The molecule has 0 radical (unpaired) electrons. The van der Waals surface area contributed by atoms with Crippen LogP contribution in [0.25, 0.3) is 0 Å². The second kappa shape index (κ2) is 4.79. The van der Waals surface area contributed by atoms with Crippen molar-refractivity contribution in [3.05, 3.63) is 15.9 Å². The number of carbonyl (C=O) groups excluding carboxylic acids is 1. The number of aryl methyl sites for hydroxylation is 1. The third-order valence-corrected chi connectivity index (χ3v) is 3.63. The van der Waals surface area contributed by atoms with Crippen LogP contribution in [0.2, 0.25) is 0 Å². The molecule has 0 aliphatic carbocycles. The van der Waals surface area contributed by atoms with Crippen molar-refractivity contribution >= 4 is 21.8 Å². The summed E-state index contributed by atoms with van der Waals surface area (Å²) in [5.41, 5.74) is 1.91. The lowest BCUT2D eigenvalue weighted by Gasteiger charge is -2.14. The maximum Gasteiger partial charge on any atom is 0.244 e. The zero-order chi connectivity index (χ0) is 11.6. The van der Waals surface area contributed by atoms with Crippen molar-refractivity contribution < 1.29 is 4.79 Å². The first-order chi connectivity index (χ1) is 6.97. The van der Waals surface area contributed by atoms with E-state index in [1.54, 1.807) is 16.6 Å². The maximum absolute atomic E-state index is 11.7. The van der Waals surface area contributed by atoms with Crippen LogP contribution in [-0.2, 0) is 11.3 Å². The summed E-state index contributed by atoms with van der Waals surface area (Å²) in [6, 6.07) is 0. The van der Waals surface area contributed by atoms with Crippen molar-refractivity contribution in [3.63, 3.8) is 0 Å². The molecule has 84 valence electrons. The Labute approximate surface area is 98.4 Å². The Kier molecular flexibility index (Phi) is 3.90. The predicted molar refractivity (Wildman–Crippen MR) is 62.7 cm³/mol. The number of rotatable bonds is 3. The van der Waals surface area contributed by atoms with Crippen LogP contribution >= 0.6 is 15.9 Å². The zero-order valence-corrected chi connectivity index (χ0v) is 11.1. The fraction of sp³-hybridized carbons (Fsp3) is 0.600. The molecule has 0 bridgehead atoms. The molecule has 4 nitrogen and oxygen atoms in total. The number of hydrogen-bond acceptors (Lipinski definition) is 2. The molecule has 0 atom stereocenters. The van der Waals surface area contributed by atoms with Gasteiger partial charge in [0.15, 0.2) is 0 Å². The van der Waals surface area contributed by atoms with Crippen LogP contribution < -0.4 is 0 Å². The van der Waals surface area contributed by atoms with Crippen LogP contribution in [0.1, 0.15) is 18.3 Å². The molecule has 0 aliphatic heterocycles. The summed E-state index contributed by atoms with van der Waals surface area (Å²) in [7, 11) is 1.79. The molecule has 1 rings (SSSR count). The van der Waals surface area contributed by atoms with E-state index in [1.807, 2.05) is 20.8 Å². The van der Waals surface area contributed by atoms with Gasteiger partial charge in [-0.05, 0) is 36.7 Å². The Balaban J connectivity index is 2.81. The first-order valence-corrected chi connectivity index (χ1v) is 5.70. The summed E-state index contributed by atoms with van der Waals surface area (Å²) in [4.78, 5) is 13.4. The van der Waals surface area contributed by atoms with Crippen LogP contribution in [0.15, 0.2) is 4.47 Å². The number of aromatic nitrogens is 2. The number of likely N-dealkylation sites (N-methyl/N-ethyl adjacent to an activating group) is 1. The second-order valence-corrected chi connectivity index (χ2v) is 4.34. The van der Waals surface area contributed by atoms with E-state index in [0.29, 0.717) is 6.54 Å². The standard InChI is InChI=1S/C10H16BrN3O/c1-5-13(4)9(15)6-14-8(3)10(11)7(2)12-14/h5-6H2,1-4H3. The lowest BCUT2D eigenvalue weighted by Crippen LogP contribution is -2.30. The first-order valence-electron chi connectivity index (χ1n) is 4.90. The highest BCUT2D eigenvalue weighted by atomic mass is 79.9. The molecule has 0 N–H and O–H groups in total. The molecular formula is C10H16BrN3O. The van der Waals surface area contributed by atoms with Gasteiger partial charge in [-0.1, -0.05) is 0 Å². The molecule has 1 amide bonds. The topological polar surface area (TPSA) is 38.1 Å². The highest BCUT2D eigenvalue weighted by Crippen LogP contribution is 2.19. The molecule has 0 unspecified atom stereocenters. The second-order valence-electron chi connectivity index (χ2n) is 3.55. The van der Waals surface area contributed by atoms with E-state index in [4.69, 9.17) is 0 Å². The van der Waals surface area contributed by atoms with E-state index in [2.05, 4.69) is 21.0 Å². The summed E-state index contributed by atoms with van der Waals surface area (Å²) < 4.78 is 2.71. The van der Waals surface area contributed by atoms with Crippen LogP contribution in [-0.4, -0.2) is 34.2 Å². The normalized spacial score (nSPS) is 10.5. The number of carbonyl (C=O) groups is 1. The van der Waals surface area contributed by atoms with E-state index >= 15 is 0 Å². The molecule has 1 aromatic rings. The van der Waals surface area contributed by atoms with Crippen molar-refractivity contribution in [2.75, 3.05) is 13.6 Å². The Morgan fingerprint density at radius 1 is 1.53 bits per heavy atom. The first kappa shape index (κ1) is 12.2. The molecule has 0 spiro atoms. The van der Waals surface area contributed by atoms with Gasteiger partial charge >= 0.3 is 0 Å². The SMILES string of the molecule is CCN(C)C(=O)Cn1nc(C)c(Br)c1C. The third-order valence-electron chi connectivity index (χ3n) is 2.48. The fourth-order valence-electron chi connectivity index (χ4n) is 1.25. The summed E-state index contributed by atoms with van der Waals surface area (Å²) in [5, 5.41) is 4.29. The van der Waals surface area contributed by atoms with E-state index in [9.17, 15) is 4.79 Å². The molecule has 0 aromatic carbocycles. The minimum absolute atomic E-state index is 0.0793. The summed E-state index contributed by atoms with van der Waals surface area (Å²) >= 11 is 3.44.